The Hall–Kier alpha value is -1.25. The van der Waals surface area contributed by atoms with Gasteiger partial charge in [-0.2, -0.15) is 0 Å². The third kappa shape index (κ3) is 3.24. The van der Waals surface area contributed by atoms with Crippen molar-refractivity contribution in [3.05, 3.63) is 17.8 Å². The Bertz CT molecular complexity index is 316. The molecule has 3 heteroatoms. The molecule has 0 radical (unpaired) electrons. The van der Waals surface area contributed by atoms with Crippen LogP contribution in [0.2, 0.25) is 0 Å². The fraction of sp³-hybridized carbons (Fsp3) is 0.545. The molecule has 0 spiro atoms. The van der Waals surface area contributed by atoms with Crippen LogP contribution in [0.1, 0.15) is 26.5 Å². The number of rotatable bonds is 2. The van der Waals surface area contributed by atoms with Crippen LogP contribution in [0.3, 0.4) is 0 Å². The zero-order valence-electron chi connectivity index (χ0n) is 9.51. The van der Waals surface area contributed by atoms with Crippen molar-refractivity contribution in [1.82, 2.24) is 4.98 Å². The lowest BCUT2D eigenvalue weighted by Gasteiger charge is -2.21. The summed E-state index contributed by atoms with van der Waals surface area (Å²) in [5, 5.41) is 3.31. The first-order chi connectivity index (χ1) is 6.40. The van der Waals surface area contributed by atoms with Crippen LogP contribution in [0.4, 0.5) is 5.82 Å². The van der Waals surface area contributed by atoms with Gasteiger partial charge in [0.05, 0.1) is 7.11 Å². The summed E-state index contributed by atoms with van der Waals surface area (Å²) < 4.78 is 5.17. The second-order valence-electron chi connectivity index (χ2n) is 4.41. The van der Waals surface area contributed by atoms with Crippen molar-refractivity contribution in [3.63, 3.8) is 0 Å². The molecular weight excluding hydrogens is 176 g/mol. The van der Waals surface area contributed by atoms with Crippen LogP contribution < -0.4 is 10.1 Å². The van der Waals surface area contributed by atoms with Gasteiger partial charge in [0.2, 0.25) is 0 Å². The zero-order valence-corrected chi connectivity index (χ0v) is 9.51. The third-order valence-corrected chi connectivity index (χ3v) is 1.67. The first-order valence-electron chi connectivity index (χ1n) is 4.71. The number of nitrogens with one attached hydrogen (secondary N) is 1. The summed E-state index contributed by atoms with van der Waals surface area (Å²) in [6, 6.07) is 3.81. The quantitative estimate of drug-likeness (QED) is 0.785. The highest BCUT2D eigenvalue weighted by molar-refractivity contribution is 5.44. The summed E-state index contributed by atoms with van der Waals surface area (Å²) in [4.78, 5) is 4.38. The van der Waals surface area contributed by atoms with E-state index >= 15 is 0 Å². The van der Waals surface area contributed by atoms with Crippen molar-refractivity contribution >= 4 is 5.82 Å². The summed E-state index contributed by atoms with van der Waals surface area (Å²) >= 11 is 0. The number of hydrogen-bond acceptors (Lipinski definition) is 3. The van der Waals surface area contributed by atoms with E-state index in [1.165, 1.54) is 0 Å². The molecule has 0 saturated heterocycles. The Morgan fingerprint density at radius 2 is 1.93 bits per heavy atom. The number of methoxy groups -OCH3 is 1. The van der Waals surface area contributed by atoms with Crippen LogP contribution in [0.5, 0.6) is 5.75 Å². The Kier molecular flexibility index (Phi) is 2.99. The molecule has 0 atom stereocenters. The summed E-state index contributed by atoms with van der Waals surface area (Å²) in [5.41, 5.74) is 0.974. The van der Waals surface area contributed by atoms with Crippen molar-refractivity contribution in [2.24, 2.45) is 0 Å². The van der Waals surface area contributed by atoms with Crippen LogP contribution in [0.25, 0.3) is 0 Å². The molecule has 78 valence electrons. The van der Waals surface area contributed by atoms with E-state index in [1.54, 1.807) is 7.11 Å². The van der Waals surface area contributed by atoms with Gasteiger partial charge in [0, 0.05) is 23.4 Å². The molecule has 0 aliphatic rings. The monoisotopic (exact) mass is 194 g/mol. The minimum Gasteiger partial charge on any atom is -0.497 e. The van der Waals surface area contributed by atoms with Crippen molar-refractivity contribution in [1.29, 1.82) is 0 Å². The molecule has 0 fully saturated rings. The van der Waals surface area contributed by atoms with Crippen molar-refractivity contribution in [2.75, 3.05) is 12.4 Å². The van der Waals surface area contributed by atoms with Crippen LogP contribution in [-0.4, -0.2) is 17.6 Å². The standard InChI is InChI=1S/C11H18N2O/c1-8-6-9(14-5)7-10(12-8)13-11(2,3)4/h6-7H,1-5H3,(H,12,13). The molecule has 3 nitrogen and oxygen atoms in total. The molecule has 14 heavy (non-hydrogen) atoms. The third-order valence-electron chi connectivity index (χ3n) is 1.67. The van der Waals surface area contributed by atoms with Crippen LogP contribution in [-0.2, 0) is 0 Å². The fourth-order valence-corrected chi connectivity index (χ4v) is 1.20. The lowest BCUT2D eigenvalue weighted by Crippen LogP contribution is -2.26. The molecule has 1 aromatic rings. The van der Waals surface area contributed by atoms with Gasteiger partial charge in [-0.05, 0) is 27.7 Å². The highest BCUT2D eigenvalue weighted by atomic mass is 16.5. The van der Waals surface area contributed by atoms with Crippen LogP contribution >= 0.6 is 0 Å². The molecule has 0 aromatic carbocycles. The van der Waals surface area contributed by atoms with E-state index in [4.69, 9.17) is 4.74 Å². The van der Waals surface area contributed by atoms with E-state index in [0.717, 1.165) is 17.3 Å². The summed E-state index contributed by atoms with van der Waals surface area (Å²) in [6.07, 6.45) is 0. The smallest absolute Gasteiger partial charge is 0.130 e. The van der Waals surface area contributed by atoms with Crippen LogP contribution in [0.15, 0.2) is 12.1 Å². The number of ether oxygens (including phenoxy) is 1. The molecule has 0 aliphatic carbocycles. The minimum absolute atomic E-state index is 0.0196. The van der Waals surface area contributed by atoms with Gasteiger partial charge in [0.25, 0.3) is 0 Å². The van der Waals surface area contributed by atoms with Gasteiger partial charge >= 0.3 is 0 Å². The predicted molar refractivity (Wildman–Crippen MR) is 58.9 cm³/mol. The molecular formula is C11H18N2O. The number of aryl methyl sites for hydroxylation is 1. The number of aromatic nitrogens is 1. The number of anilines is 1. The molecule has 1 rings (SSSR count). The van der Waals surface area contributed by atoms with Gasteiger partial charge in [-0.15, -0.1) is 0 Å². The first kappa shape index (κ1) is 10.8. The second-order valence-corrected chi connectivity index (χ2v) is 4.41. The molecule has 1 heterocycles. The highest BCUT2D eigenvalue weighted by Gasteiger charge is 2.10. The predicted octanol–water partition coefficient (Wildman–Crippen LogP) is 2.61. The zero-order chi connectivity index (χ0) is 10.8. The Labute approximate surface area is 85.5 Å². The number of pyridine rings is 1. The van der Waals surface area contributed by atoms with Gasteiger partial charge in [-0.25, -0.2) is 4.98 Å². The van der Waals surface area contributed by atoms with E-state index in [2.05, 4.69) is 31.1 Å². The van der Waals surface area contributed by atoms with Gasteiger partial charge in [-0.1, -0.05) is 0 Å². The fourth-order valence-electron chi connectivity index (χ4n) is 1.20. The number of nitrogens with zero attached hydrogens (tertiary/aromatic N) is 1. The second kappa shape index (κ2) is 3.86. The first-order valence-corrected chi connectivity index (χ1v) is 4.71. The molecule has 1 N–H and O–H groups in total. The normalized spacial score (nSPS) is 11.2. The molecule has 0 saturated carbocycles. The Balaban J connectivity index is 2.92. The van der Waals surface area contributed by atoms with Crippen molar-refractivity contribution < 1.29 is 4.74 Å². The topological polar surface area (TPSA) is 34.1 Å². The van der Waals surface area contributed by atoms with E-state index in [-0.39, 0.29) is 5.54 Å². The van der Waals surface area contributed by atoms with E-state index < -0.39 is 0 Å². The maximum absolute atomic E-state index is 5.17. The van der Waals surface area contributed by atoms with Crippen molar-refractivity contribution in [3.8, 4) is 5.75 Å². The maximum atomic E-state index is 5.17. The molecule has 0 amide bonds. The van der Waals surface area contributed by atoms with Gasteiger partial charge in [-0.3, -0.25) is 0 Å². The van der Waals surface area contributed by atoms with E-state index in [1.807, 2.05) is 19.1 Å². The Morgan fingerprint density at radius 1 is 1.29 bits per heavy atom. The molecule has 0 unspecified atom stereocenters. The van der Waals surface area contributed by atoms with Crippen molar-refractivity contribution in [2.45, 2.75) is 33.2 Å². The Morgan fingerprint density at radius 3 is 2.43 bits per heavy atom. The molecule has 1 aromatic heterocycles. The molecule has 0 bridgehead atoms. The van der Waals surface area contributed by atoms with Crippen LogP contribution in [0, 0.1) is 6.92 Å². The van der Waals surface area contributed by atoms with E-state index in [0.29, 0.717) is 0 Å². The average Bonchev–Trinajstić information content (AvgIpc) is 1.99. The lowest BCUT2D eigenvalue weighted by molar-refractivity contribution is 0.414. The average molecular weight is 194 g/mol. The largest absolute Gasteiger partial charge is 0.497 e. The van der Waals surface area contributed by atoms with E-state index in [9.17, 15) is 0 Å². The van der Waals surface area contributed by atoms with Gasteiger partial charge in [0.15, 0.2) is 0 Å². The summed E-state index contributed by atoms with van der Waals surface area (Å²) in [7, 11) is 1.66. The number of hydrogen-bond donors (Lipinski definition) is 1. The SMILES string of the molecule is COc1cc(C)nc(NC(C)(C)C)c1. The lowest BCUT2D eigenvalue weighted by atomic mass is 10.1. The van der Waals surface area contributed by atoms with Gasteiger partial charge in [0.1, 0.15) is 11.6 Å². The summed E-state index contributed by atoms with van der Waals surface area (Å²) in [6.45, 7) is 8.26. The molecule has 0 aliphatic heterocycles. The minimum atomic E-state index is 0.0196. The van der Waals surface area contributed by atoms with Gasteiger partial charge < -0.3 is 10.1 Å². The highest BCUT2D eigenvalue weighted by Crippen LogP contribution is 2.19. The maximum Gasteiger partial charge on any atom is 0.130 e. The summed E-state index contributed by atoms with van der Waals surface area (Å²) in [5.74, 6) is 1.69.